The van der Waals surface area contributed by atoms with Crippen LogP contribution in [0.4, 0.5) is 15.3 Å². The van der Waals surface area contributed by atoms with Crippen LogP contribution >= 0.6 is 31.9 Å². The number of benzene rings is 2. The number of fused-ring (bicyclic) bond motifs is 1. The number of nitrogens with zero attached hydrogens (tertiary/aromatic N) is 4. The number of carbonyl (C=O) groups excluding carboxylic acids is 4. The lowest BCUT2D eigenvalue weighted by Gasteiger charge is -2.37. The lowest BCUT2D eigenvalue weighted by atomic mass is 10.0. The van der Waals surface area contributed by atoms with Gasteiger partial charge in [-0.2, -0.15) is 9.98 Å². The van der Waals surface area contributed by atoms with Crippen molar-refractivity contribution >= 4 is 73.3 Å². The van der Waals surface area contributed by atoms with E-state index in [2.05, 4.69) is 58.8 Å². The molecule has 2 N–H and O–H groups in total. The fraction of sp³-hybridized carbons (Fsp3) is 0.310. The Hall–Kier alpha value is -4.20. The maximum Gasteiger partial charge on any atom is 0.410 e. The fourth-order valence-electron chi connectivity index (χ4n) is 4.70. The van der Waals surface area contributed by atoms with E-state index in [-0.39, 0.29) is 24.2 Å². The summed E-state index contributed by atoms with van der Waals surface area (Å²) in [4.78, 5) is 59.4. The number of para-hydroxylation sites is 1. The third-order valence-electron chi connectivity index (χ3n) is 6.79. The predicted molar refractivity (Wildman–Crippen MR) is 162 cm³/mol. The molecule has 0 aliphatic carbocycles. The van der Waals surface area contributed by atoms with Crippen molar-refractivity contribution in [3.05, 3.63) is 68.4 Å². The van der Waals surface area contributed by atoms with Crippen LogP contribution in [-0.4, -0.2) is 82.4 Å². The van der Waals surface area contributed by atoms with Crippen molar-refractivity contribution < 1.29 is 29.0 Å². The van der Waals surface area contributed by atoms with E-state index in [1.54, 1.807) is 12.1 Å². The van der Waals surface area contributed by atoms with Gasteiger partial charge < -0.3 is 25.0 Å². The Bertz CT molecular complexity index is 1540. The van der Waals surface area contributed by atoms with Crippen molar-refractivity contribution in [1.29, 1.82) is 0 Å². The molecule has 4 amide bonds. The molecule has 216 valence electrons. The normalized spacial score (nSPS) is 15.3. The van der Waals surface area contributed by atoms with Crippen molar-refractivity contribution in [3.8, 4) is 5.75 Å². The number of phenols is 1. The number of urea groups is 1. The number of rotatable bonds is 6. The summed E-state index contributed by atoms with van der Waals surface area (Å²) >= 11 is 6.52. The van der Waals surface area contributed by atoms with Gasteiger partial charge in [0.05, 0.1) is 21.0 Å². The summed E-state index contributed by atoms with van der Waals surface area (Å²) in [6.07, 6.45) is 0.827. The average Bonchev–Trinajstić information content (AvgIpc) is 3.15. The minimum absolute atomic E-state index is 0.0144. The first-order chi connectivity index (χ1) is 20.3. The Morgan fingerprint density at radius 2 is 1.86 bits per heavy atom. The molecular formula is C29H25Br2N5O6. The van der Waals surface area contributed by atoms with Gasteiger partial charge in [0.2, 0.25) is 0 Å². The first kappa shape index (κ1) is 30.8. The monoisotopic (exact) mass is 697 g/mol. The highest BCUT2D eigenvalue weighted by Gasteiger charge is 2.33. The molecule has 1 atom stereocenters. The Kier molecular flexibility index (Phi) is 10.7. The second kappa shape index (κ2) is 14.6. The summed E-state index contributed by atoms with van der Waals surface area (Å²) in [7, 11) is 0. The van der Waals surface area contributed by atoms with Crippen molar-refractivity contribution in [1.82, 2.24) is 9.80 Å². The van der Waals surface area contributed by atoms with E-state index in [1.165, 1.54) is 10.8 Å². The van der Waals surface area contributed by atoms with Gasteiger partial charge in [0.1, 0.15) is 5.75 Å². The Morgan fingerprint density at radius 1 is 1.14 bits per heavy atom. The molecule has 2 heterocycles. The third-order valence-corrected chi connectivity index (χ3v) is 8.00. The van der Waals surface area contributed by atoms with Crippen molar-refractivity contribution in [2.45, 2.75) is 37.8 Å². The zero-order chi connectivity index (χ0) is 30.1. The van der Waals surface area contributed by atoms with Crippen molar-refractivity contribution in [3.63, 3.8) is 0 Å². The number of carbonyl (C=O) groups is 3. The van der Waals surface area contributed by atoms with Crippen LogP contribution in [0, 0.1) is 0 Å². The third kappa shape index (κ3) is 7.96. The highest BCUT2D eigenvalue weighted by molar-refractivity contribution is 9.11. The van der Waals surface area contributed by atoms with Crippen LogP contribution in [0.5, 0.6) is 5.75 Å². The standard InChI is InChI=1S/C29H25Br2N5O6/c30-22-16-19(17-23(31)26(22)38)18-25(27(39)33-10-3-9-32-11-15-37)42-29(41)35-12-7-21(8-13-35)36-14-6-20-4-1-2-5-24(20)34-28(36)40/h1-2,4-5,9,16-17,21,25,38H,6-8,12-14,18H2,(H,34,40)/t25-/m1/s1. The van der Waals surface area contributed by atoms with Gasteiger partial charge >= 0.3 is 12.1 Å². The lowest BCUT2D eigenvalue weighted by molar-refractivity contribution is -0.126. The molecule has 0 aromatic heterocycles. The summed E-state index contributed by atoms with van der Waals surface area (Å²) in [6.45, 7) is 1.25. The van der Waals surface area contributed by atoms with Gasteiger partial charge in [-0.1, -0.05) is 18.2 Å². The Labute approximate surface area is 258 Å². The molecular weight excluding hydrogens is 674 g/mol. The Balaban J connectivity index is 1.43. The first-order valence-electron chi connectivity index (χ1n) is 12.9. The molecule has 0 saturated carbocycles. The largest absolute Gasteiger partial charge is 0.506 e. The van der Waals surface area contributed by atoms with Crippen molar-refractivity contribution in [2.75, 3.05) is 25.0 Å². The number of anilines is 1. The fourth-order valence-corrected chi connectivity index (χ4v) is 5.98. The number of aliphatic imine (C=N–C) groups is 2. The molecule has 0 bridgehead atoms. The first-order valence-corrected chi connectivity index (χ1v) is 14.5. The molecule has 4 rings (SSSR count). The van der Waals surface area contributed by atoms with Gasteiger partial charge in [-0.05, 0) is 86.2 Å². The minimum atomic E-state index is -1.30. The summed E-state index contributed by atoms with van der Waals surface area (Å²) < 4.78 is 6.39. The second-order valence-electron chi connectivity index (χ2n) is 9.41. The van der Waals surface area contributed by atoms with E-state index >= 15 is 0 Å². The summed E-state index contributed by atoms with van der Waals surface area (Å²) in [5, 5.41) is 13.0. The van der Waals surface area contributed by atoms with Gasteiger partial charge in [0.15, 0.2) is 12.0 Å². The van der Waals surface area contributed by atoms with E-state index < -0.39 is 18.1 Å². The van der Waals surface area contributed by atoms with Gasteiger partial charge in [-0.15, -0.1) is 0 Å². The quantitative estimate of drug-likeness (QED) is 0.260. The van der Waals surface area contributed by atoms with Crippen LogP contribution in [0.25, 0.3) is 0 Å². The van der Waals surface area contributed by atoms with Gasteiger partial charge in [0, 0.05) is 43.7 Å². The van der Waals surface area contributed by atoms with Crippen LogP contribution in [0.3, 0.4) is 0 Å². The highest BCUT2D eigenvalue weighted by Crippen LogP contribution is 2.34. The molecule has 0 radical (unpaired) electrons. The van der Waals surface area contributed by atoms with Crippen LogP contribution in [0.15, 0.2) is 67.3 Å². The number of piperidine rings is 1. The summed E-state index contributed by atoms with van der Waals surface area (Å²) in [6, 6.07) is 10.7. The van der Waals surface area contributed by atoms with Gasteiger partial charge in [0.25, 0.3) is 5.91 Å². The molecule has 2 aromatic rings. The van der Waals surface area contributed by atoms with Gasteiger partial charge in [-0.25, -0.2) is 14.4 Å². The maximum atomic E-state index is 13.1. The zero-order valence-corrected chi connectivity index (χ0v) is 25.4. The van der Waals surface area contributed by atoms with E-state index in [0.717, 1.165) is 23.9 Å². The van der Waals surface area contributed by atoms with E-state index in [1.807, 2.05) is 35.0 Å². The zero-order valence-electron chi connectivity index (χ0n) is 22.2. The molecule has 2 aromatic carbocycles. The second-order valence-corrected chi connectivity index (χ2v) is 11.1. The van der Waals surface area contributed by atoms with Crippen LogP contribution in [-0.2, 0) is 27.2 Å². The molecule has 11 nitrogen and oxygen atoms in total. The molecule has 0 spiro atoms. The topological polar surface area (TPSA) is 141 Å². The average molecular weight is 699 g/mol. The minimum Gasteiger partial charge on any atom is -0.506 e. The molecule has 13 heteroatoms. The number of hydrogen-bond acceptors (Lipinski definition) is 7. The van der Waals surface area contributed by atoms with E-state index in [0.29, 0.717) is 47.0 Å². The molecule has 2 aliphatic rings. The summed E-state index contributed by atoms with van der Waals surface area (Å²) in [5.74, 6) is 4.69. The molecule has 2 aliphatic heterocycles. The maximum absolute atomic E-state index is 13.1. The molecule has 1 fully saturated rings. The highest BCUT2D eigenvalue weighted by atomic mass is 79.9. The van der Waals surface area contributed by atoms with Crippen LogP contribution in [0.2, 0.25) is 0 Å². The Morgan fingerprint density at radius 3 is 2.57 bits per heavy atom. The number of likely N-dealkylation sites (tertiary alicyclic amines) is 1. The van der Waals surface area contributed by atoms with E-state index in [9.17, 15) is 24.3 Å². The SMILES string of the molecule is O=C=C=NC=C=C=NC(=O)[C@@H](Cc1cc(Br)c(O)c(Br)c1)OC(=O)N1CCC(N2CCc3ccccc3NC2=O)CC1. The lowest BCUT2D eigenvalue weighted by Crippen LogP contribution is -2.50. The molecule has 1 saturated heterocycles. The smallest absolute Gasteiger partial charge is 0.410 e. The number of amides is 4. The van der Waals surface area contributed by atoms with Gasteiger partial charge in [-0.3, -0.25) is 4.79 Å². The predicted octanol–water partition coefficient (Wildman–Crippen LogP) is 4.44. The van der Waals surface area contributed by atoms with Crippen LogP contribution < -0.4 is 5.32 Å². The van der Waals surface area contributed by atoms with Crippen LogP contribution in [0.1, 0.15) is 24.0 Å². The number of phenolic OH excluding ortho intramolecular Hbond substituents is 1. The number of aromatic hydroxyl groups is 1. The van der Waals surface area contributed by atoms with E-state index in [4.69, 9.17) is 4.74 Å². The van der Waals surface area contributed by atoms with Crippen molar-refractivity contribution in [2.24, 2.45) is 9.98 Å². The number of nitrogens with one attached hydrogen (secondary N) is 1. The molecule has 42 heavy (non-hydrogen) atoms. The number of halogens is 2. The summed E-state index contributed by atoms with van der Waals surface area (Å²) in [5.41, 5.74) is 4.83. The number of ether oxygens (including phenoxy) is 1. The number of hydrogen-bond donors (Lipinski definition) is 2. The molecule has 0 unspecified atom stereocenters.